The van der Waals surface area contributed by atoms with Gasteiger partial charge in [0, 0.05) is 12.7 Å². The second kappa shape index (κ2) is 6.24. The molecule has 29 heavy (non-hydrogen) atoms. The summed E-state index contributed by atoms with van der Waals surface area (Å²) in [7, 11) is 1.74. The number of hydrogen-bond donors (Lipinski definition) is 1. The Labute approximate surface area is 166 Å². The van der Waals surface area contributed by atoms with Crippen LogP contribution in [-0.4, -0.2) is 28.9 Å². The molecular weight excluding hydrogens is 366 g/mol. The summed E-state index contributed by atoms with van der Waals surface area (Å²) in [6, 6.07) is 17.6. The molecule has 1 aliphatic rings. The predicted octanol–water partition coefficient (Wildman–Crippen LogP) is 3.77. The first-order valence-corrected chi connectivity index (χ1v) is 9.18. The van der Waals surface area contributed by atoms with E-state index in [9.17, 15) is 10.1 Å². The van der Waals surface area contributed by atoms with Crippen molar-refractivity contribution in [3.8, 4) is 11.8 Å². The van der Waals surface area contributed by atoms with E-state index >= 15 is 0 Å². The van der Waals surface area contributed by atoms with Crippen LogP contribution in [0.1, 0.15) is 11.1 Å². The minimum absolute atomic E-state index is 0.0484. The number of nitriles is 1. The Morgan fingerprint density at radius 2 is 2.03 bits per heavy atom. The van der Waals surface area contributed by atoms with E-state index in [2.05, 4.69) is 16.4 Å². The molecule has 1 N–H and O–H groups in total. The highest BCUT2D eigenvalue weighted by molar-refractivity contribution is 5.98. The van der Waals surface area contributed by atoms with Crippen LogP contribution in [0.5, 0.6) is 5.75 Å². The number of ether oxygens (including phenoxy) is 1. The van der Waals surface area contributed by atoms with E-state index in [-0.39, 0.29) is 12.5 Å². The van der Waals surface area contributed by atoms with Crippen molar-refractivity contribution in [1.82, 2.24) is 9.38 Å². The molecule has 0 radical (unpaired) electrons. The Hall–Kier alpha value is -4.05. The number of rotatable bonds is 2. The molecule has 2 aromatic carbocycles. The van der Waals surface area contributed by atoms with Crippen LogP contribution < -0.4 is 15.0 Å². The highest BCUT2D eigenvalue weighted by Crippen LogP contribution is 2.35. The van der Waals surface area contributed by atoms with E-state index in [1.165, 1.54) is 0 Å². The Bertz CT molecular complexity index is 1350. The molecule has 0 saturated carbocycles. The highest BCUT2D eigenvalue weighted by Gasteiger charge is 2.23. The number of benzene rings is 2. The number of para-hydroxylation sites is 2. The topological polar surface area (TPSA) is 82.7 Å². The molecule has 142 valence electrons. The lowest BCUT2D eigenvalue weighted by atomic mass is 10.1. The number of imidazole rings is 1. The number of aromatic nitrogens is 2. The lowest BCUT2D eigenvalue weighted by Gasteiger charge is -2.26. The third-order valence-corrected chi connectivity index (χ3v) is 5.20. The van der Waals surface area contributed by atoms with E-state index in [1.54, 1.807) is 11.9 Å². The fourth-order valence-electron chi connectivity index (χ4n) is 3.68. The average molecular weight is 383 g/mol. The molecule has 0 saturated heterocycles. The van der Waals surface area contributed by atoms with Gasteiger partial charge in [-0.25, -0.2) is 4.98 Å². The van der Waals surface area contributed by atoms with E-state index in [0.29, 0.717) is 22.6 Å². The summed E-state index contributed by atoms with van der Waals surface area (Å²) < 4.78 is 7.46. The molecule has 0 bridgehead atoms. The van der Waals surface area contributed by atoms with Gasteiger partial charge in [0.2, 0.25) is 0 Å². The maximum Gasteiger partial charge on any atom is 0.264 e. The number of anilines is 3. The minimum atomic E-state index is -0.0909. The van der Waals surface area contributed by atoms with Gasteiger partial charge in [-0.15, -0.1) is 0 Å². The van der Waals surface area contributed by atoms with E-state index in [1.807, 2.05) is 59.9 Å². The first kappa shape index (κ1) is 17.1. The van der Waals surface area contributed by atoms with Gasteiger partial charge in [0.15, 0.2) is 12.3 Å². The van der Waals surface area contributed by atoms with Crippen molar-refractivity contribution in [2.45, 2.75) is 6.92 Å². The summed E-state index contributed by atoms with van der Waals surface area (Å²) in [6.45, 7) is 1.95. The number of amides is 1. The second-order valence-electron chi connectivity index (χ2n) is 7.01. The van der Waals surface area contributed by atoms with Gasteiger partial charge in [-0.1, -0.05) is 12.1 Å². The van der Waals surface area contributed by atoms with Gasteiger partial charge in [0.1, 0.15) is 17.6 Å². The standard InChI is InChI=1S/C22H17N5O2/c1-13-9-20(24-14-7-8-19-18(10-14)26(2)21(28)12-29-19)27-17-6-4-3-5-16(17)25-22(27)15(13)11-23/h3-10,24H,12H2,1-2H3. The van der Waals surface area contributed by atoms with Gasteiger partial charge < -0.3 is 15.0 Å². The molecule has 0 unspecified atom stereocenters. The fraction of sp³-hybridized carbons (Fsp3) is 0.136. The molecule has 1 aliphatic heterocycles. The van der Waals surface area contributed by atoms with Crippen molar-refractivity contribution in [2.75, 3.05) is 23.9 Å². The smallest absolute Gasteiger partial charge is 0.264 e. The zero-order valence-corrected chi connectivity index (χ0v) is 15.9. The van der Waals surface area contributed by atoms with Crippen LogP contribution in [0.15, 0.2) is 48.5 Å². The molecule has 0 fully saturated rings. The van der Waals surface area contributed by atoms with Crippen LogP contribution in [0.4, 0.5) is 17.2 Å². The van der Waals surface area contributed by atoms with Crippen molar-refractivity contribution in [1.29, 1.82) is 5.26 Å². The maximum absolute atomic E-state index is 12.0. The zero-order valence-electron chi connectivity index (χ0n) is 15.9. The molecule has 3 heterocycles. The molecule has 0 atom stereocenters. The van der Waals surface area contributed by atoms with Gasteiger partial charge in [-0.3, -0.25) is 9.20 Å². The molecule has 7 heteroatoms. The fourth-order valence-corrected chi connectivity index (χ4v) is 3.68. The van der Waals surface area contributed by atoms with Gasteiger partial charge in [-0.2, -0.15) is 5.26 Å². The van der Waals surface area contributed by atoms with Gasteiger partial charge in [0.25, 0.3) is 5.91 Å². The number of likely N-dealkylation sites (N-methyl/N-ethyl adjacent to an activating group) is 1. The van der Waals surface area contributed by atoms with Crippen molar-refractivity contribution in [3.05, 3.63) is 59.7 Å². The van der Waals surface area contributed by atoms with Crippen molar-refractivity contribution < 1.29 is 9.53 Å². The van der Waals surface area contributed by atoms with Crippen LogP contribution in [0, 0.1) is 18.3 Å². The number of carbonyl (C=O) groups excluding carboxylic acids is 1. The van der Waals surface area contributed by atoms with Crippen LogP contribution in [-0.2, 0) is 4.79 Å². The minimum Gasteiger partial charge on any atom is -0.482 e. The largest absolute Gasteiger partial charge is 0.482 e. The number of aryl methyl sites for hydroxylation is 1. The van der Waals surface area contributed by atoms with Crippen molar-refractivity contribution >= 4 is 39.8 Å². The maximum atomic E-state index is 12.0. The van der Waals surface area contributed by atoms with Crippen LogP contribution >= 0.6 is 0 Å². The number of nitrogens with zero attached hydrogens (tertiary/aromatic N) is 4. The van der Waals surface area contributed by atoms with Gasteiger partial charge in [0.05, 0.1) is 22.3 Å². The first-order valence-electron chi connectivity index (χ1n) is 9.18. The second-order valence-corrected chi connectivity index (χ2v) is 7.01. The number of carbonyl (C=O) groups is 1. The number of hydrogen-bond acceptors (Lipinski definition) is 5. The van der Waals surface area contributed by atoms with E-state index in [4.69, 9.17) is 4.74 Å². The molecule has 5 rings (SSSR count). The molecule has 1 amide bonds. The SMILES string of the molecule is Cc1cc(Nc2ccc3c(c2)N(C)C(=O)CO3)n2c(nc3ccccc32)c1C#N. The number of fused-ring (bicyclic) bond motifs is 4. The van der Waals surface area contributed by atoms with Crippen molar-refractivity contribution in [2.24, 2.45) is 0 Å². The van der Waals surface area contributed by atoms with E-state index < -0.39 is 0 Å². The summed E-state index contributed by atoms with van der Waals surface area (Å²) in [5, 5.41) is 13.1. The van der Waals surface area contributed by atoms with Crippen LogP contribution in [0.3, 0.4) is 0 Å². The lowest BCUT2D eigenvalue weighted by molar-refractivity contribution is -0.120. The normalized spacial score (nSPS) is 13.3. The molecule has 4 aromatic rings. The quantitative estimate of drug-likeness (QED) is 0.570. The summed E-state index contributed by atoms with van der Waals surface area (Å²) in [4.78, 5) is 18.2. The highest BCUT2D eigenvalue weighted by atomic mass is 16.5. The average Bonchev–Trinajstić information content (AvgIpc) is 3.11. The third-order valence-electron chi connectivity index (χ3n) is 5.20. The summed E-state index contributed by atoms with van der Waals surface area (Å²) in [5.74, 6) is 1.37. The summed E-state index contributed by atoms with van der Waals surface area (Å²) in [5.41, 5.74) is 5.25. The Kier molecular flexibility index (Phi) is 3.68. The lowest BCUT2D eigenvalue weighted by Crippen LogP contribution is -2.35. The molecule has 7 nitrogen and oxygen atoms in total. The summed E-state index contributed by atoms with van der Waals surface area (Å²) >= 11 is 0. The monoisotopic (exact) mass is 383 g/mol. The molecular formula is C22H17N5O2. The molecule has 0 aliphatic carbocycles. The Balaban J connectivity index is 1.69. The molecule has 2 aromatic heterocycles. The van der Waals surface area contributed by atoms with Crippen LogP contribution in [0.25, 0.3) is 16.7 Å². The number of pyridine rings is 1. The molecule has 0 spiro atoms. The predicted molar refractivity (Wildman–Crippen MR) is 111 cm³/mol. The van der Waals surface area contributed by atoms with Gasteiger partial charge >= 0.3 is 0 Å². The summed E-state index contributed by atoms with van der Waals surface area (Å²) in [6.07, 6.45) is 0. The van der Waals surface area contributed by atoms with Crippen LogP contribution in [0.2, 0.25) is 0 Å². The third kappa shape index (κ3) is 2.57. The Morgan fingerprint density at radius 3 is 2.86 bits per heavy atom. The van der Waals surface area contributed by atoms with Gasteiger partial charge in [-0.05, 0) is 48.9 Å². The first-order chi connectivity index (χ1) is 14.1. The van der Waals surface area contributed by atoms with Crippen molar-refractivity contribution in [3.63, 3.8) is 0 Å². The Morgan fingerprint density at radius 1 is 1.21 bits per heavy atom. The van der Waals surface area contributed by atoms with E-state index in [0.717, 1.165) is 28.1 Å². The number of nitrogens with one attached hydrogen (secondary N) is 1. The zero-order chi connectivity index (χ0) is 20.1.